The second-order valence-corrected chi connectivity index (χ2v) is 17.2. The first-order valence-electron chi connectivity index (χ1n) is 13.5. The second kappa shape index (κ2) is 11.4. The number of rotatable bonds is 8. The van der Waals surface area contributed by atoms with Crippen LogP contribution < -0.4 is 10.1 Å². The normalized spacial score (nSPS) is 12.4. The Morgan fingerprint density at radius 3 is 2.25 bits per heavy atom. The Labute approximate surface area is 237 Å². The quantitative estimate of drug-likeness (QED) is 0.218. The summed E-state index contributed by atoms with van der Waals surface area (Å²) in [7, 11) is -1.95. The number of benzene rings is 2. The van der Waals surface area contributed by atoms with Gasteiger partial charge in [-0.25, -0.2) is 14.3 Å². The minimum Gasteiger partial charge on any atom is -0.471 e. The van der Waals surface area contributed by atoms with Crippen molar-refractivity contribution in [2.45, 2.75) is 78.5 Å². The Bertz CT molecular complexity index is 1470. The number of carbonyl (C=O) groups is 1. The molecule has 1 N–H and O–H groups in total. The summed E-state index contributed by atoms with van der Waals surface area (Å²) in [5.41, 5.74) is 3.80. The third-order valence-corrected chi connectivity index (χ3v) is 11.5. The minimum absolute atomic E-state index is 0.100. The van der Waals surface area contributed by atoms with Crippen LogP contribution in [0.1, 0.15) is 52.7 Å². The Morgan fingerprint density at radius 2 is 1.57 bits per heavy atom. The summed E-state index contributed by atoms with van der Waals surface area (Å²) in [5, 5.41) is 3.59. The van der Waals surface area contributed by atoms with E-state index in [1.807, 2.05) is 75.4 Å². The monoisotopic (exact) mass is 560 g/mol. The van der Waals surface area contributed by atoms with Crippen LogP contribution in [0.15, 0.2) is 67.1 Å². The zero-order chi connectivity index (χ0) is 29.1. The average Bonchev–Trinajstić information content (AvgIpc) is 3.25. The van der Waals surface area contributed by atoms with Gasteiger partial charge in [-0.1, -0.05) is 69.3 Å². The van der Waals surface area contributed by atoms with Gasteiger partial charge < -0.3 is 19.2 Å². The van der Waals surface area contributed by atoms with Gasteiger partial charge in [0, 0.05) is 11.9 Å². The summed E-state index contributed by atoms with van der Waals surface area (Å²) >= 11 is 0. The predicted molar refractivity (Wildman–Crippen MR) is 162 cm³/mol. The number of hydrogen-bond donors (Lipinski definition) is 1. The first-order valence-corrected chi connectivity index (χ1v) is 16.4. The molecule has 0 fully saturated rings. The Balaban J connectivity index is 1.71. The molecule has 4 aromatic rings. The number of hydrogen-bond acceptors (Lipinski definition) is 7. The van der Waals surface area contributed by atoms with Crippen LogP contribution in [0.2, 0.25) is 18.1 Å². The van der Waals surface area contributed by atoms with E-state index in [1.165, 1.54) is 10.9 Å². The molecule has 212 valence electrons. The van der Waals surface area contributed by atoms with Crippen molar-refractivity contribution < 1.29 is 18.7 Å². The predicted octanol–water partition coefficient (Wildman–Crippen LogP) is 8.06. The van der Waals surface area contributed by atoms with Crippen LogP contribution in [0.4, 0.5) is 16.2 Å². The molecule has 0 aliphatic carbocycles. The molecule has 0 bridgehead atoms. The second-order valence-electron chi connectivity index (χ2n) is 12.4. The lowest BCUT2D eigenvalue weighted by Crippen LogP contribution is -2.40. The largest absolute Gasteiger partial charge is 0.471 e. The van der Waals surface area contributed by atoms with Gasteiger partial charge in [-0.3, -0.25) is 0 Å². The Morgan fingerprint density at radius 1 is 0.900 bits per heavy atom. The number of carbonyl (C=O) groups excluding carboxylic acids is 1. The van der Waals surface area contributed by atoms with E-state index in [0.717, 1.165) is 16.8 Å². The van der Waals surface area contributed by atoms with Crippen LogP contribution in [-0.4, -0.2) is 34.5 Å². The van der Waals surface area contributed by atoms with E-state index in [9.17, 15) is 4.79 Å². The molecule has 0 saturated heterocycles. The number of anilines is 2. The summed E-state index contributed by atoms with van der Waals surface area (Å²) in [6, 6.07) is 17.8. The van der Waals surface area contributed by atoms with Crippen molar-refractivity contribution in [3.63, 3.8) is 0 Å². The first kappa shape index (κ1) is 29.3. The van der Waals surface area contributed by atoms with E-state index >= 15 is 0 Å². The van der Waals surface area contributed by atoms with Crippen LogP contribution in [0, 0.1) is 0 Å². The third kappa shape index (κ3) is 6.89. The van der Waals surface area contributed by atoms with Crippen LogP contribution in [-0.2, 0) is 22.4 Å². The van der Waals surface area contributed by atoms with Crippen molar-refractivity contribution in [2.24, 2.45) is 0 Å². The molecule has 0 saturated carbocycles. The Hall–Kier alpha value is -3.69. The molecule has 2 aromatic carbocycles. The molecular weight excluding hydrogens is 520 g/mol. The van der Waals surface area contributed by atoms with Gasteiger partial charge >= 0.3 is 6.09 Å². The maximum Gasteiger partial charge on any atom is 0.419 e. The standard InChI is InChI=1S/C31H40N4O4Si/c1-30(2,3)39-29(36)35-18-25(26-27(35)28(33-21-32-26)37-19-22-14-10-9-11-15-22)34-24-17-13-12-16-23(24)20-38-40(7,8)31(4,5)6/h9-18,21,34H,19-20H2,1-8H3. The maximum atomic E-state index is 13.3. The van der Waals surface area contributed by atoms with E-state index in [-0.39, 0.29) is 5.04 Å². The van der Waals surface area contributed by atoms with E-state index in [4.69, 9.17) is 13.9 Å². The highest BCUT2D eigenvalue weighted by molar-refractivity contribution is 6.74. The summed E-state index contributed by atoms with van der Waals surface area (Å²) in [6.07, 6.45) is 2.59. The number of aromatic nitrogens is 3. The number of para-hydroxylation sites is 1. The molecule has 0 amide bonds. The lowest BCUT2D eigenvalue weighted by Gasteiger charge is -2.36. The van der Waals surface area contributed by atoms with E-state index in [0.29, 0.717) is 35.8 Å². The lowest BCUT2D eigenvalue weighted by molar-refractivity contribution is 0.0543. The van der Waals surface area contributed by atoms with Gasteiger partial charge in [0.15, 0.2) is 8.32 Å². The van der Waals surface area contributed by atoms with Crippen LogP contribution in [0.5, 0.6) is 5.88 Å². The molecule has 40 heavy (non-hydrogen) atoms. The first-order chi connectivity index (χ1) is 18.7. The molecule has 0 spiro atoms. The smallest absolute Gasteiger partial charge is 0.419 e. The summed E-state index contributed by atoms with van der Waals surface area (Å²) in [6.45, 7) is 17.4. The van der Waals surface area contributed by atoms with Crippen molar-refractivity contribution in [3.05, 3.63) is 78.2 Å². The SMILES string of the molecule is CC(C)(C)OC(=O)n1cc(Nc2ccccc2CO[Si](C)(C)C(C)(C)C)c2ncnc(OCc3ccccc3)c21. The molecule has 4 rings (SSSR count). The third-order valence-electron chi connectivity index (χ3n) is 7.03. The number of nitrogens with one attached hydrogen (secondary N) is 1. The van der Waals surface area contributed by atoms with Gasteiger partial charge in [-0.15, -0.1) is 0 Å². The summed E-state index contributed by atoms with van der Waals surface area (Å²) in [4.78, 5) is 22.2. The van der Waals surface area contributed by atoms with Crippen LogP contribution in [0.3, 0.4) is 0 Å². The van der Waals surface area contributed by atoms with Crippen molar-refractivity contribution in [1.29, 1.82) is 0 Å². The van der Waals surface area contributed by atoms with Gasteiger partial charge in [0.2, 0.25) is 5.88 Å². The van der Waals surface area contributed by atoms with E-state index < -0.39 is 20.0 Å². The van der Waals surface area contributed by atoms with Crippen LogP contribution in [0.25, 0.3) is 11.0 Å². The number of ether oxygens (including phenoxy) is 2. The fourth-order valence-corrected chi connectivity index (χ4v) is 4.75. The highest BCUT2D eigenvalue weighted by atomic mass is 28.4. The maximum absolute atomic E-state index is 13.3. The number of nitrogens with zero attached hydrogens (tertiary/aromatic N) is 3. The molecule has 0 aliphatic heterocycles. The lowest BCUT2D eigenvalue weighted by atomic mass is 10.2. The van der Waals surface area contributed by atoms with Gasteiger partial charge in [0.05, 0.1) is 12.3 Å². The van der Waals surface area contributed by atoms with Gasteiger partial charge in [0.1, 0.15) is 29.6 Å². The zero-order valence-corrected chi connectivity index (χ0v) is 25.7. The molecule has 8 nitrogen and oxygen atoms in total. The number of fused-ring (bicyclic) bond motifs is 1. The zero-order valence-electron chi connectivity index (χ0n) is 24.7. The molecular formula is C31H40N4O4Si. The molecule has 9 heteroatoms. The van der Waals surface area contributed by atoms with Crippen molar-refractivity contribution in [2.75, 3.05) is 5.32 Å². The van der Waals surface area contributed by atoms with Gasteiger partial charge in [-0.05, 0) is 56.1 Å². The fourth-order valence-electron chi connectivity index (χ4n) is 3.80. The molecule has 2 aromatic heterocycles. The van der Waals surface area contributed by atoms with E-state index in [2.05, 4.69) is 49.1 Å². The summed E-state index contributed by atoms with van der Waals surface area (Å²) in [5.74, 6) is 0.294. The molecule has 0 radical (unpaired) electrons. The molecule has 2 heterocycles. The minimum atomic E-state index is -1.95. The van der Waals surface area contributed by atoms with Gasteiger partial charge in [0.25, 0.3) is 0 Å². The highest BCUT2D eigenvalue weighted by Crippen LogP contribution is 2.38. The van der Waals surface area contributed by atoms with Gasteiger partial charge in [-0.2, -0.15) is 4.98 Å². The highest BCUT2D eigenvalue weighted by Gasteiger charge is 2.37. The summed E-state index contributed by atoms with van der Waals surface area (Å²) < 4.78 is 19.7. The fraction of sp³-hybridized carbons (Fsp3) is 0.387. The molecule has 0 unspecified atom stereocenters. The molecule has 0 atom stereocenters. The van der Waals surface area contributed by atoms with Crippen molar-refractivity contribution >= 4 is 36.8 Å². The van der Waals surface area contributed by atoms with Crippen molar-refractivity contribution in [3.8, 4) is 5.88 Å². The topological polar surface area (TPSA) is 87.5 Å². The van der Waals surface area contributed by atoms with Crippen molar-refractivity contribution in [1.82, 2.24) is 14.5 Å². The average molecular weight is 561 g/mol. The van der Waals surface area contributed by atoms with E-state index in [1.54, 1.807) is 6.20 Å². The Kier molecular flexibility index (Phi) is 8.37. The molecule has 0 aliphatic rings. The van der Waals surface area contributed by atoms with Crippen LogP contribution >= 0.6 is 0 Å².